The minimum atomic E-state index is -0.134. The van der Waals surface area contributed by atoms with E-state index in [2.05, 4.69) is 9.97 Å². The van der Waals surface area contributed by atoms with Gasteiger partial charge >= 0.3 is 5.97 Å². The molecular formula is C19H23N3O3S. The number of esters is 1. The maximum absolute atomic E-state index is 12.4. The van der Waals surface area contributed by atoms with Gasteiger partial charge in [-0.05, 0) is 38.3 Å². The predicted molar refractivity (Wildman–Crippen MR) is 99.6 cm³/mol. The first kappa shape index (κ1) is 18.5. The maximum Gasteiger partial charge on any atom is 0.309 e. The number of ether oxygens (including phenoxy) is 1. The largest absolute Gasteiger partial charge is 0.466 e. The summed E-state index contributed by atoms with van der Waals surface area (Å²) >= 11 is 1.58. The van der Waals surface area contributed by atoms with Gasteiger partial charge in [-0.2, -0.15) is 0 Å². The van der Waals surface area contributed by atoms with E-state index in [1.165, 1.54) is 0 Å². The third-order valence-corrected chi connectivity index (χ3v) is 5.48. The first-order valence-electron chi connectivity index (χ1n) is 8.96. The number of hydrogen-bond acceptors (Lipinski definition) is 6. The lowest BCUT2D eigenvalue weighted by atomic mass is 9.96. The zero-order valence-electron chi connectivity index (χ0n) is 14.9. The summed E-state index contributed by atoms with van der Waals surface area (Å²) in [6.45, 7) is 3.48. The van der Waals surface area contributed by atoms with Crippen LogP contribution in [0.3, 0.4) is 0 Å². The van der Waals surface area contributed by atoms with Gasteiger partial charge in [-0.15, -0.1) is 11.3 Å². The molecule has 0 radical (unpaired) electrons. The molecule has 1 fully saturated rings. The Bertz CT molecular complexity index is 739. The second-order valence-electron chi connectivity index (χ2n) is 6.29. The number of carbonyl (C=O) groups excluding carboxylic acids is 2. The van der Waals surface area contributed by atoms with Gasteiger partial charge in [0.15, 0.2) is 0 Å². The van der Waals surface area contributed by atoms with E-state index in [0.29, 0.717) is 45.4 Å². The van der Waals surface area contributed by atoms with Crippen LogP contribution in [-0.4, -0.2) is 46.4 Å². The number of amides is 1. The SMILES string of the molecule is CCOC(=O)C1CCN(C(=O)CCc2csc(-c3ccncc3)n2)CC1. The van der Waals surface area contributed by atoms with Crippen molar-refractivity contribution in [2.75, 3.05) is 19.7 Å². The molecule has 0 spiro atoms. The number of hydrogen-bond donors (Lipinski definition) is 0. The number of aryl methyl sites for hydroxylation is 1. The average molecular weight is 373 g/mol. The summed E-state index contributed by atoms with van der Waals surface area (Å²) in [5.74, 6) is -0.0723. The van der Waals surface area contributed by atoms with Crippen LogP contribution in [0.25, 0.3) is 10.6 Å². The minimum absolute atomic E-state index is 0.0690. The molecular weight excluding hydrogens is 350 g/mol. The molecule has 1 saturated heterocycles. The smallest absolute Gasteiger partial charge is 0.309 e. The van der Waals surface area contributed by atoms with E-state index in [9.17, 15) is 9.59 Å². The van der Waals surface area contributed by atoms with Crippen LogP contribution < -0.4 is 0 Å². The second kappa shape index (κ2) is 8.89. The Morgan fingerprint density at radius 2 is 2.00 bits per heavy atom. The molecule has 138 valence electrons. The van der Waals surface area contributed by atoms with E-state index >= 15 is 0 Å². The third-order valence-electron chi connectivity index (χ3n) is 4.54. The van der Waals surface area contributed by atoms with Gasteiger partial charge in [0.25, 0.3) is 0 Å². The normalized spacial score (nSPS) is 15.0. The molecule has 2 aromatic rings. The lowest BCUT2D eigenvalue weighted by Gasteiger charge is -2.30. The number of pyridine rings is 1. The van der Waals surface area contributed by atoms with Gasteiger partial charge in [0.2, 0.25) is 5.91 Å². The highest BCUT2D eigenvalue weighted by Crippen LogP contribution is 2.24. The zero-order chi connectivity index (χ0) is 18.4. The molecule has 0 bridgehead atoms. The van der Waals surface area contributed by atoms with Gasteiger partial charge in [-0.25, -0.2) is 4.98 Å². The number of thiazole rings is 1. The molecule has 6 nitrogen and oxygen atoms in total. The van der Waals surface area contributed by atoms with Crippen molar-refractivity contribution >= 4 is 23.2 Å². The molecule has 0 aliphatic carbocycles. The Hall–Kier alpha value is -2.28. The summed E-state index contributed by atoms with van der Waals surface area (Å²) in [7, 11) is 0. The molecule has 1 aliphatic heterocycles. The second-order valence-corrected chi connectivity index (χ2v) is 7.15. The number of likely N-dealkylation sites (tertiary alicyclic amines) is 1. The number of piperidine rings is 1. The Labute approximate surface area is 157 Å². The summed E-state index contributed by atoms with van der Waals surface area (Å²) in [4.78, 5) is 34.7. The molecule has 0 aromatic carbocycles. The van der Waals surface area contributed by atoms with Crippen molar-refractivity contribution in [1.29, 1.82) is 0 Å². The molecule has 2 aromatic heterocycles. The Morgan fingerprint density at radius 1 is 1.27 bits per heavy atom. The lowest BCUT2D eigenvalue weighted by molar-refractivity contribution is -0.151. The van der Waals surface area contributed by atoms with E-state index in [0.717, 1.165) is 16.3 Å². The van der Waals surface area contributed by atoms with E-state index < -0.39 is 0 Å². The molecule has 3 heterocycles. The van der Waals surface area contributed by atoms with Crippen LogP contribution in [0, 0.1) is 5.92 Å². The predicted octanol–water partition coefficient (Wildman–Crippen LogP) is 2.94. The quantitative estimate of drug-likeness (QED) is 0.728. The van der Waals surface area contributed by atoms with Crippen LogP contribution in [0.15, 0.2) is 29.9 Å². The molecule has 0 atom stereocenters. The Balaban J connectivity index is 1.46. The fourth-order valence-corrected chi connectivity index (χ4v) is 3.93. The molecule has 3 rings (SSSR count). The first-order chi connectivity index (χ1) is 12.7. The monoisotopic (exact) mass is 373 g/mol. The van der Waals surface area contributed by atoms with Crippen LogP contribution in [0.4, 0.5) is 0 Å². The van der Waals surface area contributed by atoms with Crippen molar-refractivity contribution in [2.45, 2.75) is 32.6 Å². The highest BCUT2D eigenvalue weighted by atomic mass is 32.1. The third kappa shape index (κ3) is 4.66. The van der Waals surface area contributed by atoms with Crippen molar-refractivity contribution in [3.63, 3.8) is 0 Å². The molecule has 0 saturated carbocycles. The highest BCUT2D eigenvalue weighted by molar-refractivity contribution is 7.13. The van der Waals surface area contributed by atoms with E-state index in [4.69, 9.17) is 4.74 Å². The molecule has 26 heavy (non-hydrogen) atoms. The van der Waals surface area contributed by atoms with Crippen LogP contribution in [-0.2, 0) is 20.7 Å². The van der Waals surface area contributed by atoms with Crippen molar-refractivity contribution in [3.05, 3.63) is 35.6 Å². The standard InChI is InChI=1S/C19H23N3O3S/c1-2-25-19(24)15-7-11-22(12-8-15)17(23)4-3-16-13-26-18(21-16)14-5-9-20-10-6-14/h5-6,9-10,13,15H,2-4,7-8,11-12H2,1H3. The topological polar surface area (TPSA) is 72.4 Å². The first-order valence-corrected chi connectivity index (χ1v) is 9.84. The van der Waals surface area contributed by atoms with Crippen LogP contribution in [0.5, 0.6) is 0 Å². The number of carbonyl (C=O) groups is 2. The molecule has 0 unspecified atom stereocenters. The van der Waals surface area contributed by atoms with Crippen molar-refractivity contribution in [3.8, 4) is 10.6 Å². The summed E-state index contributed by atoms with van der Waals surface area (Å²) in [5, 5.41) is 2.96. The number of nitrogens with zero attached hydrogens (tertiary/aromatic N) is 3. The van der Waals surface area contributed by atoms with Crippen molar-refractivity contribution in [1.82, 2.24) is 14.9 Å². The minimum Gasteiger partial charge on any atom is -0.466 e. The zero-order valence-corrected chi connectivity index (χ0v) is 15.7. The maximum atomic E-state index is 12.4. The van der Waals surface area contributed by atoms with Gasteiger partial charge in [-0.1, -0.05) is 0 Å². The number of aromatic nitrogens is 2. The molecule has 0 N–H and O–H groups in total. The van der Waals surface area contributed by atoms with Crippen molar-refractivity contribution in [2.24, 2.45) is 5.92 Å². The van der Waals surface area contributed by atoms with Gasteiger partial charge in [0, 0.05) is 42.8 Å². The summed E-state index contributed by atoms with van der Waals surface area (Å²) in [5.41, 5.74) is 1.99. The van der Waals surface area contributed by atoms with Crippen LogP contribution in [0.1, 0.15) is 31.9 Å². The van der Waals surface area contributed by atoms with Crippen molar-refractivity contribution < 1.29 is 14.3 Å². The van der Waals surface area contributed by atoms with Gasteiger partial charge < -0.3 is 9.64 Å². The van der Waals surface area contributed by atoms with Gasteiger partial charge in [-0.3, -0.25) is 14.6 Å². The molecule has 1 aliphatic rings. The molecule has 1 amide bonds. The Morgan fingerprint density at radius 3 is 2.69 bits per heavy atom. The lowest BCUT2D eigenvalue weighted by Crippen LogP contribution is -2.40. The van der Waals surface area contributed by atoms with E-state index in [-0.39, 0.29) is 17.8 Å². The van der Waals surface area contributed by atoms with Crippen LogP contribution in [0.2, 0.25) is 0 Å². The number of rotatable bonds is 6. The summed E-state index contributed by atoms with van der Waals surface area (Å²) in [6.07, 6.45) is 5.96. The summed E-state index contributed by atoms with van der Waals surface area (Å²) in [6, 6.07) is 3.86. The summed E-state index contributed by atoms with van der Waals surface area (Å²) < 4.78 is 5.07. The van der Waals surface area contributed by atoms with Gasteiger partial charge in [0.1, 0.15) is 5.01 Å². The highest BCUT2D eigenvalue weighted by Gasteiger charge is 2.28. The fourth-order valence-electron chi connectivity index (χ4n) is 3.07. The molecule has 7 heteroatoms. The van der Waals surface area contributed by atoms with Crippen LogP contribution >= 0.6 is 11.3 Å². The Kier molecular flexibility index (Phi) is 6.33. The van der Waals surface area contributed by atoms with E-state index in [1.54, 1.807) is 23.7 Å². The van der Waals surface area contributed by atoms with Gasteiger partial charge in [0.05, 0.1) is 18.2 Å². The fraction of sp³-hybridized carbons (Fsp3) is 0.474. The average Bonchev–Trinajstić information content (AvgIpc) is 3.16. The van der Waals surface area contributed by atoms with E-state index in [1.807, 2.05) is 29.3 Å².